The molecule has 1 atom stereocenters. The Kier molecular flexibility index (Phi) is 5.96. The second kappa shape index (κ2) is 8.65. The van der Waals surface area contributed by atoms with Crippen LogP contribution in [0.15, 0.2) is 58.3 Å². The van der Waals surface area contributed by atoms with Crippen molar-refractivity contribution in [2.24, 2.45) is 7.05 Å². The molecule has 2 aromatic heterocycles. The van der Waals surface area contributed by atoms with Crippen LogP contribution < -0.4 is 0 Å². The number of benzene rings is 1. The summed E-state index contributed by atoms with van der Waals surface area (Å²) in [5, 5.41) is 8.89. The fourth-order valence-electron chi connectivity index (χ4n) is 3.49. The Morgan fingerprint density at radius 2 is 2.03 bits per heavy atom. The first-order valence-electron chi connectivity index (χ1n) is 9.53. The van der Waals surface area contributed by atoms with Gasteiger partial charge in [0, 0.05) is 19.6 Å². The first-order chi connectivity index (χ1) is 14.4. The average molecular weight is 447 g/mol. The van der Waals surface area contributed by atoms with Gasteiger partial charge in [-0.25, -0.2) is 8.42 Å². The van der Waals surface area contributed by atoms with Crippen LogP contribution in [0.2, 0.25) is 0 Å². The van der Waals surface area contributed by atoms with Crippen molar-refractivity contribution >= 4 is 27.5 Å². The number of carbonyl (C=O) groups excluding carboxylic acids is 1. The van der Waals surface area contributed by atoms with E-state index in [9.17, 15) is 13.2 Å². The largest absolute Gasteiger partial charge is 0.461 e. The lowest BCUT2D eigenvalue weighted by Crippen LogP contribution is -2.41. The van der Waals surface area contributed by atoms with Gasteiger partial charge in [-0.05, 0) is 24.1 Å². The number of hydrogen-bond donors (Lipinski definition) is 0. The van der Waals surface area contributed by atoms with Crippen LogP contribution >= 0.6 is 11.8 Å². The molecule has 0 N–H and O–H groups in total. The predicted molar refractivity (Wildman–Crippen MR) is 113 cm³/mol. The smallest absolute Gasteiger partial charge is 0.233 e. The highest BCUT2D eigenvalue weighted by molar-refractivity contribution is 7.99. The molecule has 3 aromatic rings. The first kappa shape index (κ1) is 20.7. The van der Waals surface area contributed by atoms with E-state index in [2.05, 4.69) is 10.2 Å². The van der Waals surface area contributed by atoms with Crippen molar-refractivity contribution in [2.45, 2.75) is 24.2 Å². The Bertz CT molecular complexity index is 1110. The minimum absolute atomic E-state index is 0.0167. The molecular weight excluding hydrogens is 424 g/mol. The molecule has 3 heterocycles. The molecule has 1 aliphatic rings. The number of sulfone groups is 1. The molecule has 1 aliphatic heterocycles. The molecular formula is C20H22N4O4S2. The van der Waals surface area contributed by atoms with Crippen molar-refractivity contribution in [3.05, 3.63) is 54.3 Å². The monoisotopic (exact) mass is 446 g/mol. The molecule has 10 heteroatoms. The topological polar surface area (TPSA) is 98.3 Å². The Labute approximate surface area is 179 Å². The summed E-state index contributed by atoms with van der Waals surface area (Å²) >= 11 is 1.28. The third-order valence-corrected chi connectivity index (χ3v) is 7.82. The van der Waals surface area contributed by atoms with Crippen LogP contribution in [0, 0.1) is 0 Å². The highest BCUT2D eigenvalue weighted by Crippen LogP contribution is 2.25. The van der Waals surface area contributed by atoms with E-state index in [1.165, 1.54) is 11.8 Å². The molecule has 30 heavy (non-hydrogen) atoms. The summed E-state index contributed by atoms with van der Waals surface area (Å²) in [6.07, 6.45) is 2.04. The first-order valence-corrected chi connectivity index (χ1v) is 12.3. The van der Waals surface area contributed by atoms with E-state index < -0.39 is 9.84 Å². The quantitative estimate of drug-likeness (QED) is 0.514. The van der Waals surface area contributed by atoms with E-state index in [0.29, 0.717) is 29.7 Å². The molecule has 0 radical (unpaired) electrons. The van der Waals surface area contributed by atoms with E-state index in [0.717, 1.165) is 5.56 Å². The van der Waals surface area contributed by atoms with Gasteiger partial charge in [0.15, 0.2) is 26.6 Å². The van der Waals surface area contributed by atoms with E-state index in [1.54, 1.807) is 27.9 Å². The van der Waals surface area contributed by atoms with Gasteiger partial charge in [-0.15, -0.1) is 10.2 Å². The Morgan fingerprint density at radius 3 is 2.70 bits per heavy atom. The number of amides is 1. The van der Waals surface area contributed by atoms with Gasteiger partial charge >= 0.3 is 0 Å². The van der Waals surface area contributed by atoms with Crippen LogP contribution in [-0.2, 0) is 28.2 Å². The van der Waals surface area contributed by atoms with Crippen molar-refractivity contribution < 1.29 is 17.6 Å². The van der Waals surface area contributed by atoms with Crippen LogP contribution in [0.3, 0.4) is 0 Å². The van der Waals surface area contributed by atoms with Gasteiger partial charge in [0.1, 0.15) is 0 Å². The standard InChI is InChI=1S/C20H22N4O4S2/c1-23-19(17-8-5-10-28-17)21-22-20(23)29-13-18(25)24(12-15-6-3-2-4-7-15)16-9-11-30(26,27)14-16/h2-8,10,16H,9,11-14H2,1H3/t16-/m0/s1. The highest BCUT2D eigenvalue weighted by atomic mass is 32.2. The lowest BCUT2D eigenvalue weighted by Gasteiger charge is -2.28. The maximum absolute atomic E-state index is 13.1. The SMILES string of the molecule is Cn1c(SCC(=O)N(Cc2ccccc2)[C@H]2CCS(=O)(=O)C2)nnc1-c1ccco1. The van der Waals surface area contributed by atoms with Gasteiger partial charge in [-0.3, -0.25) is 4.79 Å². The minimum Gasteiger partial charge on any atom is -0.461 e. The van der Waals surface area contributed by atoms with Crippen molar-refractivity contribution in [3.8, 4) is 11.6 Å². The van der Waals surface area contributed by atoms with Gasteiger partial charge in [-0.2, -0.15) is 0 Å². The Morgan fingerprint density at radius 1 is 1.23 bits per heavy atom. The lowest BCUT2D eigenvalue weighted by atomic mass is 10.1. The second-order valence-electron chi connectivity index (χ2n) is 7.20. The number of aromatic nitrogens is 3. The number of rotatable bonds is 7. The van der Waals surface area contributed by atoms with Gasteiger partial charge in [0.2, 0.25) is 5.91 Å². The molecule has 0 aliphatic carbocycles. The van der Waals surface area contributed by atoms with Crippen LogP contribution in [0.25, 0.3) is 11.6 Å². The molecule has 1 fully saturated rings. The van der Waals surface area contributed by atoms with Crippen LogP contribution in [0.5, 0.6) is 0 Å². The minimum atomic E-state index is -3.10. The third kappa shape index (κ3) is 4.59. The summed E-state index contributed by atoms with van der Waals surface area (Å²) in [5.41, 5.74) is 0.971. The molecule has 0 saturated carbocycles. The normalized spacial score (nSPS) is 17.8. The lowest BCUT2D eigenvalue weighted by molar-refractivity contribution is -0.130. The van der Waals surface area contributed by atoms with Crippen molar-refractivity contribution in [2.75, 3.05) is 17.3 Å². The molecule has 0 unspecified atom stereocenters. The summed E-state index contributed by atoms with van der Waals surface area (Å²) in [7, 11) is -1.28. The van der Waals surface area contributed by atoms with Crippen LogP contribution in [0.4, 0.5) is 0 Å². The summed E-state index contributed by atoms with van der Waals surface area (Å²) in [6, 6.07) is 12.9. The zero-order valence-corrected chi connectivity index (χ0v) is 18.1. The van der Waals surface area contributed by atoms with Crippen molar-refractivity contribution in [1.29, 1.82) is 0 Å². The number of thioether (sulfide) groups is 1. The number of furan rings is 1. The number of hydrogen-bond acceptors (Lipinski definition) is 7. The molecule has 0 spiro atoms. The zero-order chi connectivity index (χ0) is 21.1. The number of carbonyl (C=O) groups is 1. The van der Waals surface area contributed by atoms with Crippen molar-refractivity contribution in [3.63, 3.8) is 0 Å². The molecule has 8 nitrogen and oxygen atoms in total. The maximum Gasteiger partial charge on any atom is 0.233 e. The number of nitrogens with zero attached hydrogens (tertiary/aromatic N) is 4. The van der Waals surface area contributed by atoms with Gasteiger partial charge in [0.25, 0.3) is 0 Å². The predicted octanol–water partition coefficient (Wildman–Crippen LogP) is 2.38. The van der Waals surface area contributed by atoms with Crippen LogP contribution in [0.1, 0.15) is 12.0 Å². The van der Waals surface area contributed by atoms with Crippen molar-refractivity contribution in [1.82, 2.24) is 19.7 Å². The summed E-state index contributed by atoms with van der Waals surface area (Å²) in [4.78, 5) is 14.8. The second-order valence-corrected chi connectivity index (χ2v) is 10.4. The summed E-state index contributed by atoms with van der Waals surface area (Å²) in [5.74, 6) is 1.35. The highest BCUT2D eigenvalue weighted by Gasteiger charge is 2.34. The van der Waals surface area contributed by atoms with Gasteiger partial charge in [0.05, 0.1) is 23.5 Å². The Balaban J connectivity index is 1.48. The van der Waals surface area contributed by atoms with E-state index >= 15 is 0 Å². The fraction of sp³-hybridized carbons (Fsp3) is 0.350. The van der Waals surface area contributed by atoms with E-state index in [-0.39, 0.29) is 29.2 Å². The van der Waals surface area contributed by atoms with E-state index in [1.807, 2.05) is 37.4 Å². The molecule has 1 saturated heterocycles. The summed E-state index contributed by atoms with van der Waals surface area (Å²) < 4.78 is 31.1. The molecule has 0 bridgehead atoms. The third-order valence-electron chi connectivity index (χ3n) is 5.07. The van der Waals surface area contributed by atoms with Gasteiger partial charge < -0.3 is 13.9 Å². The zero-order valence-electron chi connectivity index (χ0n) is 16.5. The molecule has 4 rings (SSSR count). The fourth-order valence-corrected chi connectivity index (χ4v) is 6.02. The van der Waals surface area contributed by atoms with Crippen LogP contribution in [-0.4, -0.2) is 57.3 Å². The van der Waals surface area contributed by atoms with Gasteiger partial charge in [-0.1, -0.05) is 42.1 Å². The maximum atomic E-state index is 13.1. The molecule has 1 aromatic carbocycles. The molecule has 1 amide bonds. The molecule has 158 valence electrons. The van der Waals surface area contributed by atoms with E-state index in [4.69, 9.17) is 4.42 Å². The Hall–Kier alpha value is -2.59. The average Bonchev–Trinajstić information content (AvgIpc) is 3.45. The summed E-state index contributed by atoms with van der Waals surface area (Å²) in [6.45, 7) is 0.386.